The normalized spacial score (nSPS) is 14.6. The SMILES string of the molecule is Cn1c(SCC(=O)NC2(C(=O)NCCNC(=O)c3ccc(Cl)cc3)CCNCC2)nnc1-c1cccs1. The maximum absolute atomic E-state index is 13.2. The van der Waals surface area contributed by atoms with E-state index in [-0.39, 0.29) is 36.6 Å². The van der Waals surface area contributed by atoms with E-state index in [1.807, 2.05) is 29.1 Å². The summed E-state index contributed by atoms with van der Waals surface area (Å²) in [5.74, 6) is 0.0929. The Morgan fingerprint density at radius 2 is 1.84 bits per heavy atom. The largest absolute Gasteiger partial charge is 0.352 e. The summed E-state index contributed by atoms with van der Waals surface area (Å²) in [7, 11) is 1.86. The number of carbonyl (C=O) groups is 3. The van der Waals surface area contributed by atoms with E-state index in [0.717, 1.165) is 10.7 Å². The van der Waals surface area contributed by atoms with Crippen LogP contribution in [0.3, 0.4) is 0 Å². The first-order valence-corrected chi connectivity index (χ1v) is 14.0. The second kappa shape index (κ2) is 12.5. The molecule has 0 radical (unpaired) electrons. The summed E-state index contributed by atoms with van der Waals surface area (Å²) in [6, 6.07) is 10.5. The Morgan fingerprint density at radius 3 is 2.54 bits per heavy atom. The van der Waals surface area contributed by atoms with Gasteiger partial charge in [0.2, 0.25) is 11.8 Å². The number of nitrogens with one attached hydrogen (secondary N) is 4. The van der Waals surface area contributed by atoms with Crippen LogP contribution in [0.2, 0.25) is 5.02 Å². The van der Waals surface area contributed by atoms with Crippen LogP contribution in [0.1, 0.15) is 23.2 Å². The lowest BCUT2D eigenvalue weighted by atomic mass is 9.87. The molecule has 0 bridgehead atoms. The van der Waals surface area contributed by atoms with E-state index in [0.29, 0.717) is 41.7 Å². The minimum absolute atomic E-state index is 0.107. The van der Waals surface area contributed by atoms with Gasteiger partial charge in [0.25, 0.3) is 5.91 Å². The average Bonchev–Trinajstić information content (AvgIpc) is 3.56. The molecule has 10 nitrogen and oxygen atoms in total. The van der Waals surface area contributed by atoms with Crippen LogP contribution < -0.4 is 21.3 Å². The van der Waals surface area contributed by atoms with Gasteiger partial charge in [0.05, 0.1) is 10.6 Å². The number of hydrogen-bond acceptors (Lipinski definition) is 8. The van der Waals surface area contributed by atoms with Crippen molar-refractivity contribution in [3.05, 3.63) is 52.4 Å². The Bertz CT molecular complexity index is 1230. The fourth-order valence-corrected chi connectivity index (χ4v) is 5.56. The second-order valence-corrected chi connectivity index (χ2v) is 10.9. The van der Waals surface area contributed by atoms with Crippen LogP contribution in [0, 0.1) is 0 Å². The lowest BCUT2D eigenvalue weighted by molar-refractivity contribution is -0.133. The fraction of sp³-hybridized carbons (Fsp3) is 0.375. The van der Waals surface area contributed by atoms with Crippen molar-refractivity contribution in [2.45, 2.75) is 23.5 Å². The number of rotatable bonds is 10. The molecule has 3 aromatic rings. The molecule has 37 heavy (non-hydrogen) atoms. The molecule has 1 saturated heterocycles. The van der Waals surface area contributed by atoms with Gasteiger partial charge in [-0.05, 0) is 61.6 Å². The fourth-order valence-electron chi connectivity index (χ4n) is 3.98. The van der Waals surface area contributed by atoms with Crippen LogP contribution in [0.4, 0.5) is 0 Å². The Morgan fingerprint density at radius 1 is 1.11 bits per heavy atom. The monoisotopic (exact) mass is 561 g/mol. The predicted molar refractivity (Wildman–Crippen MR) is 145 cm³/mol. The summed E-state index contributed by atoms with van der Waals surface area (Å²) >= 11 is 8.70. The Balaban J connectivity index is 1.28. The van der Waals surface area contributed by atoms with Crippen molar-refractivity contribution < 1.29 is 14.4 Å². The molecule has 13 heteroatoms. The molecule has 4 rings (SSSR count). The minimum Gasteiger partial charge on any atom is -0.352 e. The lowest BCUT2D eigenvalue weighted by Gasteiger charge is -2.37. The third kappa shape index (κ3) is 6.89. The Labute approximate surface area is 227 Å². The zero-order valence-electron chi connectivity index (χ0n) is 20.3. The van der Waals surface area contributed by atoms with Gasteiger partial charge in [0.15, 0.2) is 11.0 Å². The van der Waals surface area contributed by atoms with E-state index in [4.69, 9.17) is 11.6 Å². The van der Waals surface area contributed by atoms with Gasteiger partial charge in [0, 0.05) is 30.7 Å². The van der Waals surface area contributed by atoms with Gasteiger partial charge < -0.3 is 25.8 Å². The summed E-state index contributed by atoms with van der Waals surface area (Å²) < 4.78 is 1.86. The zero-order chi connectivity index (χ0) is 26.3. The first kappa shape index (κ1) is 27.1. The van der Waals surface area contributed by atoms with Crippen molar-refractivity contribution in [3.63, 3.8) is 0 Å². The molecule has 0 saturated carbocycles. The van der Waals surface area contributed by atoms with Crippen LogP contribution in [0.15, 0.2) is 46.9 Å². The molecule has 1 aliphatic heterocycles. The molecular weight excluding hydrogens is 534 g/mol. The molecule has 196 valence electrons. The number of thiophene rings is 1. The standard InChI is InChI=1S/C24H28ClN7O3S2/c1-32-20(18-3-2-14-36-18)30-31-23(32)37-15-19(33)29-24(8-10-26-11-9-24)22(35)28-13-12-27-21(34)16-4-6-17(25)7-5-16/h2-7,14,26H,8-13,15H2,1H3,(H,27,34)(H,28,35)(H,29,33). The highest BCUT2D eigenvalue weighted by molar-refractivity contribution is 7.99. The predicted octanol–water partition coefficient (Wildman–Crippen LogP) is 2.07. The molecule has 4 N–H and O–H groups in total. The molecule has 0 unspecified atom stereocenters. The second-order valence-electron chi connectivity index (χ2n) is 8.53. The molecule has 0 spiro atoms. The summed E-state index contributed by atoms with van der Waals surface area (Å²) in [4.78, 5) is 39.3. The summed E-state index contributed by atoms with van der Waals surface area (Å²) in [5.41, 5.74) is -0.522. The quantitative estimate of drug-likeness (QED) is 0.220. The van der Waals surface area contributed by atoms with Crippen LogP contribution in [0.5, 0.6) is 0 Å². The van der Waals surface area contributed by atoms with Gasteiger partial charge in [-0.25, -0.2) is 0 Å². The summed E-state index contributed by atoms with van der Waals surface area (Å²) in [5, 5.41) is 23.4. The van der Waals surface area contributed by atoms with Crippen molar-refractivity contribution >= 4 is 52.4 Å². The first-order chi connectivity index (χ1) is 17.9. The van der Waals surface area contributed by atoms with Crippen molar-refractivity contribution in [3.8, 4) is 10.7 Å². The van der Waals surface area contributed by atoms with Crippen LogP contribution in [0.25, 0.3) is 10.7 Å². The van der Waals surface area contributed by atoms with Gasteiger partial charge >= 0.3 is 0 Å². The number of benzene rings is 1. The molecule has 1 aromatic carbocycles. The Kier molecular flexibility index (Phi) is 9.19. The topological polar surface area (TPSA) is 130 Å². The van der Waals surface area contributed by atoms with Gasteiger partial charge in [0.1, 0.15) is 5.54 Å². The smallest absolute Gasteiger partial charge is 0.251 e. The molecule has 3 amide bonds. The Hall–Kier alpha value is -2.93. The number of piperidine rings is 1. The van der Waals surface area contributed by atoms with Gasteiger partial charge in [-0.15, -0.1) is 21.5 Å². The van der Waals surface area contributed by atoms with E-state index in [9.17, 15) is 14.4 Å². The number of aromatic nitrogens is 3. The molecule has 1 aliphatic rings. The lowest BCUT2D eigenvalue weighted by Crippen LogP contribution is -2.63. The van der Waals surface area contributed by atoms with Crippen LogP contribution >= 0.6 is 34.7 Å². The highest BCUT2D eigenvalue weighted by Crippen LogP contribution is 2.26. The number of hydrogen-bond donors (Lipinski definition) is 4. The average molecular weight is 562 g/mol. The number of nitrogens with zero attached hydrogens (tertiary/aromatic N) is 3. The van der Waals surface area contributed by atoms with Gasteiger partial charge in [-0.1, -0.05) is 29.4 Å². The van der Waals surface area contributed by atoms with Crippen molar-refractivity contribution in [1.29, 1.82) is 0 Å². The number of thioether (sulfide) groups is 1. The number of halogens is 1. The van der Waals surface area contributed by atoms with Crippen molar-refractivity contribution in [1.82, 2.24) is 36.0 Å². The molecule has 1 fully saturated rings. The number of carbonyl (C=O) groups excluding carboxylic acids is 3. The molecule has 3 heterocycles. The first-order valence-electron chi connectivity index (χ1n) is 11.8. The van der Waals surface area contributed by atoms with E-state index in [2.05, 4.69) is 31.5 Å². The van der Waals surface area contributed by atoms with Crippen molar-refractivity contribution in [2.24, 2.45) is 7.05 Å². The van der Waals surface area contributed by atoms with Crippen LogP contribution in [-0.4, -0.2) is 70.0 Å². The van der Waals surface area contributed by atoms with Gasteiger partial charge in [-0.3, -0.25) is 14.4 Å². The van der Waals surface area contributed by atoms with E-state index < -0.39 is 5.54 Å². The third-order valence-corrected chi connectivity index (χ3v) is 8.12. The van der Waals surface area contributed by atoms with Crippen molar-refractivity contribution in [2.75, 3.05) is 31.9 Å². The molecule has 2 aromatic heterocycles. The van der Waals surface area contributed by atoms with Crippen LogP contribution in [-0.2, 0) is 16.6 Å². The van der Waals surface area contributed by atoms with E-state index in [1.54, 1.807) is 35.6 Å². The highest BCUT2D eigenvalue weighted by atomic mass is 35.5. The third-order valence-electron chi connectivity index (χ3n) is 5.98. The molecule has 0 aliphatic carbocycles. The molecule has 0 atom stereocenters. The summed E-state index contributed by atoms with van der Waals surface area (Å²) in [6.45, 7) is 1.72. The highest BCUT2D eigenvalue weighted by Gasteiger charge is 2.40. The van der Waals surface area contributed by atoms with E-state index in [1.165, 1.54) is 11.8 Å². The minimum atomic E-state index is -1.01. The summed E-state index contributed by atoms with van der Waals surface area (Å²) in [6.07, 6.45) is 0.942. The maximum atomic E-state index is 13.2. The maximum Gasteiger partial charge on any atom is 0.251 e. The van der Waals surface area contributed by atoms with Gasteiger partial charge in [-0.2, -0.15) is 0 Å². The zero-order valence-corrected chi connectivity index (χ0v) is 22.6. The molecular formula is C24H28ClN7O3S2. The number of amides is 3. The van der Waals surface area contributed by atoms with E-state index >= 15 is 0 Å².